The monoisotopic (exact) mass is 546 g/mol. The molecule has 2 amide bonds. The Labute approximate surface area is 228 Å². The number of ketones is 2. The molecular formula is C28H38N2O9. The van der Waals surface area contributed by atoms with Crippen LogP contribution in [0.15, 0.2) is 58.6 Å². The third-order valence-electron chi connectivity index (χ3n) is 6.77. The largest absolute Gasteiger partial charge is 0.505 e. The van der Waals surface area contributed by atoms with Crippen LogP contribution in [0, 0.1) is 11.8 Å². The lowest BCUT2D eigenvalue weighted by atomic mass is 9.85. The van der Waals surface area contributed by atoms with Crippen molar-refractivity contribution in [3.8, 4) is 0 Å². The van der Waals surface area contributed by atoms with Gasteiger partial charge in [0.25, 0.3) is 5.91 Å². The Morgan fingerprint density at radius 1 is 1.13 bits per heavy atom. The second-order valence-corrected chi connectivity index (χ2v) is 9.90. The fraction of sp³-hybridized carbons (Fsp3) is 0.500. The molecule has 1 aliphatic carbocycles. The lowest BCUT2D eigenvalue weighted by Crippen LogP contribution is -2.37. The lowest BCUT2D eigenvalue weighted by Gasteiger charge is -2.29. The van der Waals surface area contributed by atoms with Gasteiger partial charge in [0.2, 0.25) is 11.6 Å². The van der Waals surface area contributed by atoms with E-state index in [2.05, 4.69) is 5.32 Å². The molecule has 1 aliphatic heterocycles. The van der Waals surface area contributed by atoms with Gasteiger partial charge in [-0.25, -0.2) is 4.79 Å². The summed E-state index contributed by atoms with van der Waals surface area (Å²) >= 11 is 0. The van der Waals surface area contributed by atoms with Crippen molar-refractivity contribution in [2.75, 3.05) is 14.2 Å². The molecule has 0 aromatic heterocycles. The molecule has 11 nitrogen and oxygen atoms in total. The molecule has 39 heavy (non-hydrogen) atoms. The van der Waals surface area contributed by atoms with Crippen molar-refractivity contribution in [1.82, 2.24) is 5.32 Å². The second-order valence-electron chi connectivity index (χ2n) is 9.90. The smallest absolute Gasteiger partial charge is 0.405 e. The first-order valence-electron chi connectivity index (χ1n) is 12.6. The van der Waals surface area contributed by atoms with Gasteiger partial charge >= 0.3 is 6.09 Å². The summed E-state index contributed by atoms with van der Waals surface area (Å²) in [5, 5.41) is 24.3. The molecule has 0 radical (unpaired) electrons. The van der Waals surface area contributed by atoms with Crippen molar-refractivity contribution >= 4 is 23.6 Å². The van der Waals surface area contributed by atoms with Crippen molar-refractivity contribution in [2.24, 2.45) is 17.6 Å². The number of aliphatic hydroxyl groups excluding tert-OH is 2. The first-order valence-corrected chi connectivity index (χ1v) is 12.6. The molecule has 0 saturated heterocycles. The maximum Gasteiger partial charge on any atom is 0.405 e. The number of aliphatic hydroxyl groups is 2. The van der Waals surface area contributed by atoms with Crippen LogP contribution < -0.4 is 11.1 Å². The molecule has 0 aromatic carbocycles. The van der Waals surface area contributed by atoms with E-state index in [1.807, 2.05) is 0 Å². The number of nitrogens with two attached hydrogens (primary N) is 1. The van der Waals surface area contributed by atoms with Crippen LogP contribution in [0.2, 0.25) is 0 Å². The van der Waals surface area contributed by atoms with Crippen LogP contribution in [0.1, 0.15) is 40.5 Å². The summed E-state index contributed by atoms with van der Waals surface area (Å²) in [6.07, 6.45) is 3.07. The highest BCUT2D eigenvalue weighted by molar-refractivity contribution is 6.48. The highest BCUT2D eigenvalue weighted by atomic mass is 16.6. The van der Waals surface area contributed by atoms with Crippen LogP contribution in [-0.2, 0) is 28.6 Å². The standard InChI is InChI=1S/C28H38N2O9/c1-14-10-18-24(33)19(13-20(31)25(18)34)30-27(35)15(2)8-7-9-21(37-5)26(39-28(29)36)17(4)12-16(3)23(32)22(11-14)38-6/h7-9,12-14,16,21-23,26,32-33H,10-11H2,1-6H3,(H2,29,36)(H,30,35)/b9-7+,15-8-,17-12-/t14-,16+,21+,22+,23-,26+/m1/s1. The zero-order valence-corrected chi connectivity index (χ0v) is 23.1. The number of nitrogens with one attached hydrogen (secondary N) is 1. The normalized spacial score (nSPS) is 33.3. The quantitative estimate of drug-likeness (QED) is 0.235. The van der Waals surface area contributed by atoms with Crippen molar-refractivity contribution in [3.63, 3.8) is 0 Å². The molecule has 11 heteroatoms. The molecule has 5 N–H and O–H groups in total. The van der Waals surface area contributed by atoms with Gasteiger partial charge in [0.05, 0.1) is 17.9 Å². The predicted octanol–water partition coefficient (Wildman–Crippen LogP) is 2.32. The number of fused-ring (bicyclic) bond motifs is 1. The zero-order valence-electron chi connectivity index (χ0n) is 23.1. The maximum atomic E-state index is 12.8. The van der Waals surface area contributed by atoms with Crippen LogP contribution in [-0.4, -0.2) is 72.4 Å². The Kier molecular flexibility index (Phi) is 11.4. The summed E-state index contributed by atoms with van der Waals surface area (Å²) in [6.45, 7) is 6.79. The Balaban J connectivity index is 2.59. The molecule has 2 bridgehead atoms. The number of Topliss-reactive ketones (excluding diaryl/α,β-unsaturated/α-hetero) is 1. The van der Waals surface area contributed by atoms with Gasteiger partial charge in [-0.05, 0) is 38.2 Å². The average molecular weight is 547 g/mol. The number of carbonyl (C=O) groups excluding carboxylic acids is 4. The van der Waals surface area contributed by atoms with E-state index >= 15 is 0 Å². The Hall–Kier alpha value is -3.54. The number of carbonyl (C=O) groups is 4. The molecule has 2 aliphatic rings. The summed E-state index contributed by atoms with van der Waals surface area (Å²) < 4.78 is 16.4. The Morgan fingerprint density at radius 3 is 2.38 bits per heavy atom. The van der Waals surface area contributed by atoms with E-state index in [4.69, 9.17) is 19.9 Å². The molecule has 0 unspecified atom stereocenters. The molecule has 1 heterocycles. The Morgan fingerprint density at radius 2 is 1.79 bits per heavy atom. The molecule has 6 atom stereocenters. The van der Waals surface area contributed by atoms with Gasteiger partial charge in [0.15, 0.2) is 6.10 Å². The first kappa shape index (κ1) is 31.7. The fourth-order valence-corrected chi connectivity index (χ4v) is 4.57. The topological polar surface area (TPSA) is 174 Å². The SMILES string of the molecule is CO[C@H]1/C=C/C=C(/C)C(=O)NC2=CC(=O)C(=O)C(=C2O)C[C@@H](C)C[C@H](OC)[C@H](O)[C@@H](C)/C=C(/C)[C@@H]1OC(N)=O. The van der Waals surface area contributed by atoms with E-state index in [1.165, 1.54) is 33.3 Å². The van der Waals surface area contributed by atoms with Crippen molar-refractivity contribution in [1.29, 1.82) is 0 Å². The average Bonchev–Trinajstić information content (AvgIpc) is 2.88. The third-order valence-corrected chi connectivity index (χ3v) is 6.77. The minimum absolute atomic E-state index is 0.0149. The number of hydrogen-bond donors (Lipinski definition) is 4. The lowest BCUT2D eigenvalue weighted by molar-refractivity contribution is -0.132. The van der Waals surface area contributed by atoms with E-state index in [0.717, 1.165) is 6.08 Å². The molecule has 214 valence electrons. The first-order chi connectivity index (χ1) is 18.3. The zero-order chi connectivity index (χ0) is 29.4. The molecule has 0 saturated carbocycles. The van der Waals surface area contributed by atoms with E-state index in [1.54, 1.807) is 32.9 Å². The van der Waals surface area contributed by atoms with Gasteiger partial charge < -0.3 is 35.5 Å². The van der Waals surface area contributed by atoms with Crippen LogP contribution in [0.3, 0.4) is 0 Å². The van der Waals surface area contributed by atoms with Crippen LogP contribution in [0.5, 0.6) is 0 Å². The fourth-order valence-electron chi connectivity index (χ4n) is 4.57. The van der Waals surface area contributed by atoms with E-state index in [9.17, 15) is 29.4 Å². The second kappa shape index (κ2) is 14.0. The number of ether oxygens (including phenoxy) is 3. The predicted molar refractivity (Wildman–Crippen MR) is 142 cm³/mol. The Bertz CT molecular complexity index is 1130. The number of primary amides is 1. The van der Waals surface area contributed by atoms with Gasteiger partial charge in [-0.15, -0.1) is 0 Å². The van der Waals surface area contributed by atoms with Gasteiger partial charge in [-0.1, -0.05) is 38.2 Å². The number of rotatable bonds is 3. The summed E-state index contributed by atoms with van der Waals surface area (Å²) in [5.74, 6) is -3.58. The van der Waals surface area contributed by atoms with E-state index < -0.39 is 59.7 Å². The van der Waals surface area contributed by atoms with Crippen molar-refractivity contribution in [3.05, 3.63) is 58.6 Å². The van der Waals surface area contributed by atoms with Gasteiger partial charge in [0.1, 0.15) is 11.9 Å². The van der Waals surface area contributed by atoms with E-state index in [-0.39, 0.29) is 35.6 Å². The third kappa shape index (κ3) is 8.22. The number of amides is 2. The number of allylic oxidation sites excluding steroid dienone is 4. The maximum absolute atomic E-state index is 12.8. The number of hydrogen-bond acceptors (Lipinski definition) is 9. The van der Waals surface area contributed by atoms with Crippen molar-refractivity contribution in [2.45, 2.75) is 65.0 Å². The highest BCUT2D eigenvalue weighted by Crippen LogP contribution is 2.29. The van der Waals surface area contributed by atoms with Crippen LogP contribution >= 0.6 is 0 Å². The molecule has 2 rings (SSSR count). The minimum Gasteiger partial charge on any atom is -0.505 e. The van der Waals surface area contributed by atoms with Gasteiger partial charge in [0, 0.05) is 37.4 Å². The highest BCUT2D eigenvalue weighted by Gasteiger charge is 2.33. The summed E-state index contributed by atoms with van der Waals surface area (Å²) in [5.41, 5.74) is 5.79. The molecule has 0 fully saturated rings. The van der Waals surface area contributed by atoms with Crippen LogP contribution in [0.4, 0.5) is 4.79 Å². The molecular weight excluding hydrogens is 508 g/mol. The molecule has 0 spiro atoms. The van der Waals surface area contributed by atoms with Crippen LogP contribution in [0.25, 0.3) is 0 Å². The van der Waals surface area contributed by atoms with Crippen molar-refractivity contribution < 1.29 is 43.6 Å². The van der Waals surface area contributed by atoms with Gasteiger partial charge in [-0.2, -0.15) is 0 Å². The summed E-state index contributed by atoms with van der Waals surface area (Å²) in [7, 11) is 2.86. The van der Waals surface area contributed by atoms with E-state index in [0.29, 0.717) is 5.57 Å². The minimum atomic E-state index is -1.01. The molecule has 0 aromatic rings. The summed E-state index contributed by atoms with van der Waals surface area (Å²) in [6, 6.07) is 0. The summed E-state index contributed by atoms with van der Waals surface area (Å²) in [4.78, 5) is 49.4. The van der Waals surface area contributed by atoms with Gasteiger partial charge in [-0.3, -0.25) is 14.4 Å². The number of methoxy groups -OCH3 is 2.